The van der Waals surface area contributed by atoms with Gasteiger partial charge in [0.2, 0.25) is 5.89 Å². The van der Waals surface area contributed by atoms with Gasteiger partial charge in [-0.3, -0.25) is 9.59 Å². The Kier molecular flexibility index (Phi) is 8.83. The molecule has 3 aromatic carbocycles. The molecule has 4 aromatic rings. The largest absolute Gasteiger partial charge is 0.507 e. The summed E-state index contributed by atoms with van der Waals surface area (Å²) in [5.74, 6) is 0.719. The Morgan fingerprint density at radius 2 is 1.74 bits per heavy atom. The summed E-state index contributed by atoms with van der Waals surface area (Å²) >= 11 is 0. The van der Waals surface area contributed by atoms with E-state index in [0.717, 1.165) is 28.1 Å². The van der Waals surface area contributed by atoms with Crippen LogP contribution in [0.3, 0.4) is 0 Å². The van der Waals surface area contributed by atoms with Crippen molar-refractivity contribution < 1.29 is 33.7 Å². The van der Waals surface area contributed by atoms with Crippen LogP contribution >= 0.6 is 0 Å². The van der Waals surface area contributed by atoms with E-state index >= 15 is 0 Å². The molecule has 0 aliphatic rings. The first-order chi connectivity index (χ1) is 18.8. The molecule has 4 rings (SSSR count). The number of rotatable bonds is 12. The van der Waals surface area contributed by atoms with Crippen molar-refractivity contribution in [3.63, 3.8) is 0 Å². The topological polar surface area (TPSA) is 131 Å². The van der Waals surface area contributed by atoms with Crippen LogP contribution < -0.4 is 14.8 Å². The average Bonchev–Trinajstić information content (AvgIpc) is 3.31. The number of aryl methyl sites for hydroxylation is 2. The van der Waals surface area contributed by atoms with Gasteiger partial charge in [-0.2, -0.15) is 0 Å². The Hall–Kier alpha value is -4.79. The molecule has 0 aliphatic heterocycles. The maximum Gasteiger partial charge on any atom is 0.303 e. The Morgan fingerprint density at radius 3 is 2.46 bits per heavy atom. The lowest BCUT2D eigenvalue weighted by Gasteiger charge is -2.14. The lowest BCUT2D eigenvalue weighted by Crippen LogP contribution is -2.23. The molecule has 0 atom stereocenters. The third-order valence-corrected chi connectivity index (χ3v) is 6.20. The number of carboxylic acid groups (broad SMARTS) is 1. The number of oxazole rings is 1. The van der Waals surface area contributed by atoms with Crippen LogP contribution in [0.4, 0.5) is 0 Å². The Bertz CT molecular complexity index is 1450. The molecule has 0 spiro atoms. The van der Waals surface area contributed by atoms with E-state index in [0.29, 0.717) is 36.8 Å². The minimum Gasteiger partial charge on any atom is -0.507 e. The number of benzene rings is 3. The van der Waals surface area contributed by atoms with Gasteiger partial charge in [-0.05, 0) is 60.9 Å². The van der Waals surface area contributed by atoms with Crippen LogP contribution in [0.2, 0.25) is 0 Å². The average molecular weight is 531 g/mol. The summed E-state index contributed by atoms with van der Waals surface area (Å²) in [6, 6.07) is 19.5. The minimum atomic E-state index is -0.911. The molecule has 0 bridgehead atoms. The van der Waals surface area contributed by atoms with Gasteiger partial charge in [0.15, 0.2) is 0 Å². The number of phenolic OH excluding ortho intramolecular Hbond substituents is 1. The minimum absolute atomic E-state index is 0.0460. The molecule has 9 nitrogen and oxygen atoms in total. The number of hydrogen-bond donors (Lipinski definition) is 3. The second-order valence-electron chi connectivity index (χ2n) is 8.88. The van der Waals surface area contributed by atoms with Gasteiger partial charge < -0.3 is 29.4 Å². The molecule has 0 saturated carbocycles. The zero-order valence-electron chi connectivity index (χ0n) is 21.8. The quantitative estimate of drug-likeness (QED) is 0.235. The number of nitrogens with one attached hydrogen (secondary N) is 1. The van der Waals surface area contributed by atoms with Crippen LogP contribution in [-0.4, -0.2) is 40.8 Å². The molecule has 39 heavy (non-hydrogen) atoms. The SMILES string of the molecule is COc1ccc(C(=O)NCc2cc(OCCc3nc(-c4ccccc4)oc3C)ccc2CCC(=O)O)c(O)c1. The molecule has 0 aliphatic carbocycles. The molecule has 1 aromatic heterocycles. The van der Waals surface area contributed by atoms with E-state index in [1.54, 1.807) is 24.3 Å². The number of amides is 1. The van der Waals surface area contributed by atoms with Crippen molar-refractivity contribution >= 4 is 11.9 Å². The van der Waals surface area contributed by atoms with Gasteiger partial charge in [-0.25, -0.2) is 4.98 Å². The Labute approximate surface area is 226 Å². The molecule has 3 N–H and O–H groups in total. The fourth-order valence-corrected chi connectivity index (χ4v) is 4.07. The van der Waals surface area contributed by atoms with Crippen molar-refractivity contribution in [1.82, 2.24) is 10.3 Å². The second-order valence-corrected chi connectivity index (χ2v) is 8.88. The van der Waals surface area contributed by atoms with Crippen LogP contribution in [0.25, 0.3) is 11.5 Å². The summed E-state index contributed by atoms with van der Waals surface area (Å²) in [5, 5.41) is 22.1. The van der Waals surface area contributed by atoms with E-state index in [1.807, 2.05) is 37.3 Å². The summed E-state index contributed by atoms with van der Waals surface area (Å²) in [6.07, 6.45) is 0.788. The van der Waals surface area contributed by atoms with Gasteiger partial charge in [0.1, 0.15) is 23.0 Å². The molecule has 1 amide bonds. The van der Waals surface area contributed by atoms with Crippen molar-refractivity contribution in [3.05, 3.63) is 94.9 Å². The van der Waals surface area contributed by atoms with Crippen molar-refractivity contribution in [2.24, 2.45) is 0 Å². The predicted molar refractivity (Wildman–Crippen MR) is 144 cm³/mol. The third kappa shape index (κ3) is 7.16. The highest BCUT2D eigenvalue weighted by molar-refractivity contribution is 5.97. The maximum atomic E-state index is 12.7. The zero-order valence-corrected chi connectivity index (χ0v) is 21.8. The number of nitrogens with zero attached hydrogens (tertiary/aromatic N) is 1. The molecule has 1 heterocycles. The van der Waals surface area contributed by atoms with Crippen molar-refractivity contribution in [1.29, 1.82) is 0 Å². The molecule has 0 fully saturated rings. The van der Waals surface area contributed by atoms with Gasteiger partial charge in [0.05, 0.1) is 25.0 Å². The number of carbonyl (C=O) groups excluding carboxylic acids is 1. The predicted octanol–water partition coefficient (Wildman–Crippen LogP) is 4.93. The van der Waals surface area contributed by atoms with Gasteiger partial charge in [0, 0.05) is 31.0 Å². The summed E-state index contributed by atoms with van der Waals surface area (Å²) in [5.41, 5.74) is 3.31. The van der Waals surface area contributed by atoms with Crippen LogP contribution in [0, 0.1) is 6.92 Å². The molecule has 0 radical (unpaired) electrons. The lowest BCUT2D eigenvalue weighted by molar-refractivity contribution is -0.136. The number of ether oxygens (including phenoxy) is 2. The molecular formula is C30H30N2O7. The van der Waals surface area contributed by atoms with Crippen LogP contribution in [0.15, 0.2) is 71.1 Å². The highest BCUT2D eigenvalue weighted by atomic mass is 16.5. The van der Waals surface area contributed by atoms with Crippen LogP contribution in [0.5, 0.6) is 17.2 Å². The monoisotopic (exact) mass is 530 g/mol. The molecule has 9 heteroatoms. The van der Waals surface area contributed by atoms with E-state index in [4.69, 9.17) is 19.0 Å². The standard InChI is InChI=1S/C30H30N2O7/c1-19-26(32-30(39-19)21-6-4-3-5-7-21)14-15-38-24-10-8-20(9-13-28(34)35)22(16-24)18-31-29(36)25-12-11-23(37-2)17-27(25)33/h3-8,10-12,16-17,33H,9,13-15,18H2,1-2H3,(H,31,36)(H,34,35). The van der Waals surface area contributed by atoms with E-state index < -0.39 is 11.9 Å². The Morgan fingerprint density at radius 1 is 0.974 bits per heavy atom. The smallest absolute Gasteiger partial charge is 0.303 e. The number of carboxylic acids is 1. The first-order valence-corrected chi connectivity index (χ1v) is 12.5. The first kappa shape index (κ1) is 27.3. The van der Waals surface area contributed by atoms with Crippen LogP contribution in [-0.2, 0) is 24.2 Å². The van der Waals surface area contributed by atoms with Gasteiger partial charge in [-0.1, -0.05) is 24.3 Å². The number of carbonyl (C=O) groups is 2. The molecular weight excluding hydrogens is 500 g/mol. The van der Waals surface area contributed by atoms with Crippen molar-refractivity contribution in [2.45, 2.75) is 32.7 Å². The normalized spacial score (nSPS) is 10.7. The number of aromatic hydroxyl groups is 1. The van der Waals surface area contributed by atoms with Crippen LogP contribution in [0.1, 0.15) is 39.4 Å². The summed E-state index contributed by atoms with van der Waals surface area (Å²) in [7, 11) is 1.47. The van der Waals surface area contributed by atoms with E-state index in [1.165, 1.54) is 19.2 Å². The highest BCUT2D eigenvalue weighted by Gasteiger charge is 2.15. The fourth-order valence-electron chi connectivity index (χ4n) is 4.07. The third-order valence-electron chi connectivity index (χ3n) is 6.20. The number of hydrogen-bond acceptors (Lipinski definition) is 7. The second kappa shape index (κ2) is 12.6. The van der Waals surface area contributed by atoms with Crippen molar-refractivity contribution in [3.8, 4) is 28.7 Å². The number of methoxy groups -OCH3 is 1. The van der Waals surface area contributed by atoms with E-state index in [-0.39, 0.29) is 24.3 Å². The van der Waals surface area contributed by atoms with Gasteiger partial charge >= 0.3 is 5.97 Å². The fraction of sp³-hybridized carbons (Fsp3) is 0.233. The summed E-state index contributed by atoms with van der Waals surface area (Å²) in [6.45, 7) is 2.34. The first-order valence-electron chi connectivity index (χ1n) is 12.5. The molecule has 0 saturated heterocycles. The van der Waals surface area contributed by atoms with E-state index in [2.05, 4.69) is 10.3 Å². The highest BCUT2D eigenvalue weighted by Crippen LogP contribution is 2.25. The maximum absolute atomic E-state index is 12.7. The van der Waals surface area contributed by atoms with E-state index in [9.17, 15) is 14.7 Å². The lowest BCUT2D eigenvalue weighted by atomic mass is 10.0. The molecule has 202 valence electrons. The van der Waals surface area contributed by atoms with Crippen molar-refractivity contribution in [2.75, 3.05) is 13.7 Å². The summed E-state index contributed by atoms with van der Waals surface area (Å²) < 4.78 is 16.8. The zero-order chi connectivity index (χ0) is 27.8. The molecule has 0 unspecified atom stereocenters. The number of aromatic nitrogens is 1. The number of phenols is 1. The van der Waals surface area contributed by atoms with Gasteiger partial charge in [-0.15, -0.1) is 0 Å². The summed E-state index contributed by atoms with van der Waals surface area (Å²) in [4.78, 5) is 28.5. The number of aliphatic carboxylic acids is 1. The Balaban J connectivity index is 1.43. The van der Waals surface area contributed by atoms with Gasteiger partial charge in [0.25, 0.3) is 5.91 Å².